The van der Waals surface area contributed by atoms with Crippen LogP contribution in [0.4, 0.5) is 11.4 Å². The van der Waals surface area contributed by atoms with Crippen LogP contribution >= 0.6 is 0 Å². The average molecular weight is 342 g/mol. The lowest BCUT2D eigenvalue weighted by Gasteiger charge is -2.13. The van der Waals surface area contributed by atoms with Crippen molar-refractivity contribution in [2.24, 2.45) is 0 Å². The van der Waals surface area contributed by atoms with Crippen molar-refractivity contribution in [3.05, 3.63) is 69.8 Å². The summed E-state index contributed by atoms with van der Waals surface area (Å²) in [5.41, 5.74) is 0.587. The maximum Gasteiger partial charge on any atom is 0.338 e. The number of nitro groups is 1. The Kier molecular flexibility index (Phi) is 5.84. The fourth-order valence-electron chi connectivity index (χ4n) is 2.27. The Balaban J connectivity index is 2.29. The number of carbonyl (C=O) groups is 2. The first-order chi connectivity index (χ1) is 11.9. The second-order valence-electron chi connectivity index (χ2n) is 5.33. The van der Waals surface area contributed by atoms with Crippen LogP contribution in [0.25, 0.3) is 0 Å². The molecule has 1 N–H and O–H groups in total. The molecule has 0 spiro atoms. The predicted molar refractivity (Wildman–Crippen MR) is 92.5 cm³/mol. The number of rotatable bonds is 6. The molecule has 1 unspecified atom stereocenters. The Labute approximate surface area is 144 Å². The standard InChI is InChI=1S/C18H18N2O5/c1-3-25-18(22)14-9-10-16(20(23)24)15(11-14)19-17(21)12(2)13-7-5-4-6-8-13/h4-12H,3H2,1-2H3,(H,19,21). The van der Waals surface area contributed by atoms with Crippen molar-refractivity contribution >= 4 is 23.3 Å². The molecule has 2 aromatic carbocycles. The van der Waals surface area contributed by atoms with Crippen LogP contribution < -0.4 is 5.32 Å². The molecular formula is C18H18N2O5. The van der Waals surface area contributed by atoms with E-state index in [0.29, 0.717) is 0 Å². The summed E-state index contributed by atoms with van der Waals surface area (Å²) in [4.78, 5) is 34.8. The number of nitro benzene ring substituents is 1. The molecule has 7 nitrogen and oxygen atoms in total. The van der Waals surface area contributed by atoms with Crippen molar-refractivity contribution in [1.29, 1.82) is 0 Å². The lowest BCUT2D eigenvalue weighted by molar-refractivity contribution is -0.383. The third-order valence-electron chi connectivity index (χ3n) is 3.66. The highest BCUT2D eigenvalue weighted by Gasteiger charge is 2.22. The van der Waals surface area contributed by atoms with Crippen LogP contribution in [0.3, 0.4) is 0 Å². The Morgan fingerprint density at radius 2 is 1.88 bits per heavy atom. The Bertz CT molecular complexity index is 789. The van der Waals surface area contributed by atoms with E-state index in [4.69, 9.17) is 4.74 Å². The first-order valence-corrected chi connectivity index (χ1v) is 7.75. The van der Waals surface area contributed by atoms with Gasteiger partial charge in [-0.15, -0.1) is 0 Å². The minimum Gasteiger partial charge on any atom is -0.462 e. The topological polar surface area (TPSA) is 98.5 Å². The van der Waals surface area contributed by atoms with Crippen LogP contribution in [0.5, 0.6) is 0 Å². The molecule has 0 radical (unpaired) electrons. The predicted octanol–water partition coefficient (Wildman–Crippen LogP) is 3.51. The maximum absolute atomic E-state index is 12.4. The normalized spacial score (nSPS) is 11.4. The van der Waals surface area contributed by atoms with E-state index in [9.17, 15) is 19.7 Å². The minimum absolute atomic E-state index is 0.0386. The van der Waals surface area contributed by atoms with E-state index in [1.54, 1.807) is 26.0 Å². The summed E-state index contributed by atoms with van der Waals surface area (Å²) in [5.74, 6) is -1.52. The Morgan fingerprint density at radius 3 is 2.48 bits per heavy atom. The van der Waals surface area contributed by atoms with Crippen molar-refractivity contribution < 1.29 is 19.2 Å². The molecular weight excluding hydrogens is 324 g/mol. The second kappa shape index (κ2) is 8.05. The summed E-state index contributed by atoms with van der Waals surface area (Å²) in [6.45, 7) is 3.54. The van der Waals surface area contributed by atoms with Crippen molar-refractivity contribution in [3.63, 3.8) is 0 Å². The third kappa shape index (κ3) is 4.41. The van der Waals surface area contributed by atoms with Gasteiger partial charge in [0.2, 0.25) is 5.91 Å². The molecule has 0 bridgehead atoms. The van der Waals surface area contributed by atoms with Gasteiger partial charge in [-0.05, 0) is 31.5 Å². The largest absolute Gasteiger partial charge is 0.462 e. The van der Waals surface area contributed by atoms with Crippen molar-refractivity contribution in [2.45, 2.75) is 19.8 Å². The van der Waals surface area contributed by atoms with E-state index in [1.807, 2.05) is 18.2 Å². The number of nitrogens with one attached hydrogen (secondary N) is 1. The van der Waals surface area contributed by atoms with Gasteiger partial charge in [-0.2, -0.15) is 0 Å². The third-order valence-corrected chi connectivity index (χ3v) is 3.66. The number of benzene rings is 2. The number of ether oxygens (including phenoxy) is 1. The Morgan fingerprint density at radius 1 is 1.20 bits per heavy atom. The molecule has 0 saturated carbocycles. The average Bonchev–Trinajstić information content (AvgIpc) is 2.61. The van der Waals surface area contributed by atoms with Crippen molar-refractivity contribution in [3.8, 4) is 0 Å². The summed E-state index contributed by atoms with van der Waals surface area (Å²) < 4.78 is 4.88. The number of hydrogen-bond acceptors (Lipinski definition) is 5. The molecule has 1 amide bonds. The van der Waals surface area contributed by atoms with E-state index in [0.717, 1.165) is 5.56 Å². The van der Waals surface area contributed by atoms with Gasteiger partial charge >= 0.3 is 5.97 Å². The van der Waals surface area contributed by atoms with E-state index in [-0.39, 0.29) is 23.5 Å². The fourth-order valence-corrected chi connectivity index (χ4v) is 2.27. The molecule has 2 aromatic rings. The summed E-state index contributed by atoms with van der Waals surface area (Å²) in [5, 5.41) is 13.7. The SMILES string of the molecule is CCOC(=O)c1ccc([N+](=O)[O-])c(NC(=O)C(C)c2ccccc2)c1. The number of anilines is 1. The fraction of sp³-hybridized carbons (Fsp3) is 0.222. The molecule has 130 valence electrons. The van der Waals surface area contributed by atoms with Crippen LogP contribution in [-0.2, 0) is 9.53 Å². The van der Waals surface area contributed by atoms with Gasteiger partial charge in [-0.1, -0.05) is 30.3 Å². The quantitative estimate of drug-likeness (QED) is 0.492. The van der Waals surface area contributed by atoms with Crippen LogP contribution in [0.1, 0.15) is 35.7 Å². The summed E-state index contributed by atoms with van der Waals surface area (Å²) >= 11 is 0. The minimum atomic E-state index is -0.613. The highest BCUT2D eigenvalue weighted by molar-refractivity contribution is 5.99. The zero-order valence-corrected chi connectivity index (χ0v) is 13.9. The molecule has 2 rings (SSSR count). The van der Waals surface area contributed by atoms with E-state index in [2.05, 4.69) is 5.32 Å². The summed E-state index contributed by atoms with van der Waals surface area (Å²) in [6.07, 6.45) is 0. The molecule has 0 heterocycles. The molecule has 0 aromatic heterocycles. The first kappa shape index (κ1) is 18.1. The number of amides is 1. The number of carbonyl (C=O) groups excluding carboxylic acids is 2. The number of hydrogen-bond donors (Lipinski definition) is 1. The maximum atomic E-state index is 12.4. The highest BCUT2D eigenvalue weighted by atomic mass is 16.6. The van der Waals surface area contributed by atoms with Gasteiger partial charge in [0.25, 0.3) is 5.69 Å². The smallest absolute Gasteiger partial charge is 0.338 e. The second-order valence-corrected chi connectivity index (χ2v) is 5.33. The molecule has 7 heteroatoms. The van der Waals surface area contributed by atoms with Crippen LogP contribution in [-0.4, -0.2) is 23.4 Å². The van der Waals surface area contributed by atoms with Crippen LogP contribution in [0, 0.1) is 10.1 Å². The van der Waals surface area contributed by atoms with Gasteiger partial charge in [-0.3, -0.25) is 14.9 Å². The van der Waals surface area contributed by atoms with Crippen LogP contribution in [0.15, 0.2) is 48.5 Å². The number of nitrogens with zero attached hydrogens (tertiary/aromatic N) is 1. The van der Waals surface area contributed by atoms with Gasteiger partial charge in [-0.25, -0.2) is 4.79 Å². The van der Waals surface area contributed by atoms with Crippen molar-refractivity contribution in [1.82, 2.24) is 0 Å². The van der Waals surface area contributed by atoms with Gasteiger partial charge in [0.1, 0.15) is 5.69 Å². The van der Waals surface area contributed by atoms with Gasteiger partial charge in [0, 0.05) is 6.07 Å². The zero-order valence-electron chi connectivity index (χ0n) is 13.9. The zero-order chi connectivity index (χ0) is 18.4. The lowest BCUT2D eigenvalue weighted by atomic mass is 10.0. The Hall–Kier alpha value is -3.22. The van der Waals surface area contributed by atoms with Crippen LogP contribution in [0.2, 0.25) is 0 Å². The van der Waals surface area contributed by atoms with Crippen molar-refractivity contribution in [2.75, 3.05) is 11.9 Å². The summed E-state index contributed by atoms with van der Waals surface area (Å²) in [6, 6.07) is 12.8. The molecule has 0 saturated heterocycles. The number of esters is 1. The van der Waals surface area contributed by atoms with Gasteiger partial charge in [0.15, 0.2) is 0 Å². The van der Waals surface area contributed by atoms with E-state index >= 15 is 0 Å². The van der Waals surface area contributed by atoms with Gasteiger partial charge in [0.05, 0.1) is 23.0 Å². The molecule has 0 aliphatic heterocycles. The molecule has 1 atom stereocenters. The van der Waals surface area contributed by atoms with E-state index < -0.39 is 22.7 Å². The molecule has 0 fully saturated rings. The monoisotopic (exact) mass is 342 g/mol. The molecule has 25 heavy (non-hydrogen) atoms. The molecule has 0 aliphatic carbocycles. The van der Waals surface area contributed by atoms with E-state index in [1.165, 1.54) is 18.2 Å². The first-order valence-electron chi connectivity index (χ1n) is 7.75. The lowest BCUT2D eigenvalue weighted by Crippen LogP contribution is -2.20. The van der Waals surface area contributed by atoms with Gasteiger partial charge < -0.3 is 10.1 Å². The highest BCUT2D eigenvalue weighted by Crippen LogP contribution is 2.27. The summed E-state index contributed by atoms with van der Waals surface area (Å²) in [7, 11) is 0. The molecule has 0 aliphatic rings.